The third-order valence-corrected chi connectivity index (χ3v) is 4.15. The van der Waals surface area contributed by atoms with E-state index in [4.69, 9.17) is 0 Å². The van der Waals surface area contributed by atoms with Gasteiger partial charge in [-0.05, 0) is 18.6 Å². The highest BCUT2D eigenvalue weighted by molar-refractivity contribution is 5.39. The number of aromatic nitrogens is 2. The SMILES string of the molecule is Cc1cc(N2CCN(Cc3cccc(C(F)(F)F)c3)CC2)ncn1. The standard InChI is InChI=1S/C17H19F3N4/c1-13-9-16(22-12-21-13)24-7-5-23(6-8-24)11-14-3-2-4-15(10-14)17(18,19)20/h2-4,9-10,12H,5-8,11H2,1H3. The van der Waals surface area contributed by atoms with Crippen molar-refractivity contribution in [3.8, 4) is 0 Å². The summed E-state index contributed by atoms with van der Waals surface area (Å²) >= 11 is 0. The van der Waals surface area contributed by atoms with Crippen molar-refractivity contribution in [2.75, 3.05) is 31.1 Å². The molecule has 3 rings (SSSR count). The van der Waals surface area contributed by atoms with Crippen LogP contribution < -0.4 is 4.90 Å². The monoisotopic (exact) mass is 336 g/mol. The second-order valence-corrected chi connectivity index (χ2v) is 5.98. The molecule has 1 aliphatic rings. The number of halogens is 3. The smallest absolute Gasteiger partial charge is 0.354 e. The average molecular weight is 336 g/mol. The van der Waals surface area contributed by atoms with Crippen molar-refractivity contribution in [3.63, 3.8) is 0 Å². The van der Waals surface area contributed by atoms with Gasteiger partial charge in [-0.2, -0.15) is 13.2 Å². The Morgan fingerprint density at radius 2 is 1.79 bits per heavy atom. The van der Waals surface area contributed by atoms with E-state index in [2.05, 4.69) is 19.8 Å². The Hall–Kier alpha value is -2.15. The van der Waals surface area contributed by atoms with E-state index in [0.717, 1.165) is 43.8 Å². The van der Waals surface area contributed by atoms with Gasteiger partial charge in [-0.1, -0.05) is 18.2 Å². The molecule has 128 valence electrons. The van der Waals surface area contributed by atoms with Crippen LogP contribution >= 0.6 is 0 Å². The molecule has 4 nitrogen and oxygen atoms in total. The van der Waals surface area contributed by atoms with Gasteiger partial charge in [-0.15, -0.1) is 0 Å². The summed E-state index contributed by atoms with van der Waals surface area (Å²) < 4.78 is 38.4. The van der Waals surface area contributed by atoms with Crippen LogP contribution in [-0.2, 0) is 12.7 Å². The molecule has 0 atom stereocenters. The van der Waals surface area contributed by atoms with E-state index < -0.39 is 11.7 Å². The molecule has 0 unspecified atom stereocenters. The summed E-state index contributed by atoms with van der Waals surface area (Å²) in [6, 6.07) is 7.51. The molecule has 0 saturated carbocycles. The molecule has 7 heteroatoms. The van der Waals surface area contributed by atoms with Gasteiger partial charge in [0.05, 0.1) is 5.56 Å². The second kappa shape index (κ2) is 6.76. The zero-order chi connectivity index (χ0) is 17.2. The highest BCUT2D eigenvalue weighted by atomic mass is 19.4. The van der Waals surface area contributed by atoms with Crippen molar-refractivity contribution >= 4 is 5.82 Å². The highest BCUT2D eigenvalue weighted by Gasteiger charge is 2.30. The summed E-state index contributed by atoms with van der Waals surface area (Å²) in [5.41, 5.74) is 1.03. The summed E-state index contributed by atoms with van der Waals surface area (Å²) in [5, 5.41) is 0. The molecule has 1 fully saturated rings. The first-order valence-electron chi connectivity index (χ1n) is 7.84. The van der Waals surface area contributed by atoms with Crippen molar-refractivity contribution in [2.45, 2.75) is 19.6 Å². The van der Waals surface area contributed by atoms with Crippen LogP contribution in [0.2, 0.25) is 0 Å². The molecule has 1 saturated heterocycles. The third kappa shape index (κ3) is 4.03. The minimum atomic E-state index is -4.29. The van der Waals surface area contributed by atoms with E-state index >= 15 is 0 Å². The molecular formula is C17H19F3N4. The molecule has 24 heavy (non-hydrogen) atoms. The zero-order valence-electron chi connectivity index (χ0n) is 13.4. The summed E-state index contributed by atoms with van der Waals surface area (Å²) in [5.74, 6) is 0.904. The van der Waals surface area contributed by atoms with Gasteiger partial charge in [0.25, 0.3) is 0 Å². The number of rotatable bonds is 3. The van der Waals surface area contributed by atoms with Crippen LogP contribution in [0.5, 0.6) is 0 Å². The largest absolute Gasteiger partial charge is 0.416 e. The molecule has 0 radical (unpaired) electrons. The first-order valence-corrected chi connectivity index (χ1v) is 7.84. The summed E-state index contributed by atoms with van der Waals surface area (Å²) in [4.78, 5) is 12.7. The minimum absolute atomic E-state index is 0.528. The van der Waals surface area contributed by atoms with E-state index in [1.807, 2.05) is 13.0 Å². The maximum absolute atomic E-state index is 12.8. The van der Waals surface area contributed by atoms with Crippen LogP contribution in [0.4, 0.5) is 19.0 Å². The molecule has 2 aromatic rings. The molecule has 0 bridgehead atoms. The number of nitrogens with zero attached hydrogens (tertiary/aromatic N) is 4. The molecule has 0 spiro atoms. The van der Waals surface area contributed by atoms with E-state index in [0.29, 0.717) is 12.1 Å². The average Bonchev–Trinajstić information content (AvgIpc) is 2.55. The van der Waals surface area contributed by atoms with Gasteiger partial charge in [-0.25, -0.2) is 9.97 Å². The van der Waals surface area contributed by atoms with Crippen molar-refractivity contribution in [1.82, 2.24) is 14.9 Å². The molecule has 0 N–H and O–H groups in total. The number of piperazine rings is 1. The highest BCUT2D eigenvalue weighted by Crippen LogP contribution is 2.29. The predicted molar refractivity (Wildman–Crippen MR) is 85.7 cm³/mol. The number of alkyl halides is 3. The fourth-order valence-corrected chi connectivity index (χ4v) is 2.85. The Morgan fingerprint density at radius 1 is 1.04 bits per heavy atom. The Balaban J connectivity index is 1.60. The van der Waals surface area contributed by atoms with Crippen LogP contribution in [0.1, 0.15) is 16.8 Å². The van der Waals surface area contributed by atoms with Crippen LogP contribution in [0.25, 0.3) is 0 Å². The Morgan fingerprint density at radius 3 is 2.46 bits per heavy atom. The number of anilines is 1. The lowest BCUT2D eigenvalue weighted by atomic mass is 10.1. The number of hydrogen-bond donors (Lipinski definition) is 0. The number of benzene rings is 1. The fraction of sp³-hybridized carbons (Fsp3) is 0.412. The first-order chi connectivity index (χ1) is 11.4. The van der Waals surface area contributed by atoms with E-state index in [-0.39, 0.29) is 0 Å². The van der Waals surface area contributed by atoms with E-state index in [9.17, 15) is 13.2 Å². The lowest BCUT2D eigenvalue weighted by Crippen LogP contribution is -2.46. The Bertz CT molecular complexity index is 694. The van der Waals surface area contributed by atoms with Crippen LogP contribution in [0.15, 0.2) is 36.7 Å². The quantitative estimate of drug-likeness (QED) is 0.862. The summed E-state index contributed by atoms with van der Waals surface area (Å²) in [7, 11) is 0. The van der Waals surface area contributed by atoms with Crippen molar-refractivity contribution < 1.29 is 13.2 Å². The number of aryl methyl sites for hydroxylation is 1. The first kappa shape index (κ1) is 16.7. The topological polar surface area (TPSA) is 32.3 Å². The maximum atomic E-state index is 12.8. The van der Waals surface area contributed by atoms with Gasteiger partial charge in [0.15, 0.2) is 0 Å². The van der Waals surface area contributed by atoms with Gasteiger partial charge >= 0.3 is 6.18 Å². The number of hydrogen-bond acceptors (Lipinski definition) is 4. The molecule has 0 amide bonds. The fourth-order valence-electron chi connectivity index (χ4n) is 2.85. The molecule has 2 heterocycles. The molecule has 1 aromatic carbocycles. The van der Waals surface area contributed by atoms with Gasteiger partial charge in [-0.3, -0.25) is 4.90 Å². The summed E-state index contributed by atoms with van der Waals surface area (Å²) in [6.07, 6.45) is -2.74. The molecule has 1 aliphatic heterocycles. The Kier molecular flexibility index (Phi) is 4.71. The third-order valence-electron chi connectivity index (χ3n) is 4.15. The second-order valence-electron chi connectivity index (χ2n) is 5.98. The molecule has 0 aliphatic carbocycles. The summed E-state index contributed by atoms with van der Waals surface area (Å²) in [6.45, 7) is 5.64. The Labute approximate surface area is 138 Å². The maximum Gasteiger partial charge on any atom is 0.416 e. The lowest BCUT2D eigenvalue weighted by Gasteiger charge is -2.35. The van der Waals surface area contributed by atoms with Crippen molar-refractivity contribution in [3.05, 3.63) is 53.5 Å². The van der Waals surface area contributed by atoms with Gasteiger partial charge in [0, 0.05) is 44.5 Å². The lowest BCUT2D eigenvalue weighted by molar-refractivity contribution is -0.137. The van der Waals surface area contributed by atoms with Gasteiger partial charge in [0.1, 0.15) is 12.1 Å². The van der Waals surface area contributed by atoms with Crippen LogP contribution in [0.3, 0.4) is 0 Å². The molecular weight excluding hydrogens is 317 g/mol. The molecule has 1 aromatic heterocycles. The van der Waals surface area contributed by atoms with E-state index in [1.165, 1.54) is 12.1 Å². The normalized spacial score (nSPS) is 16.4. The van der Waals surface area contributed by atoms with Crippen molar-refractivity contribution in [2.24, 2.45) is 0 Å². The van der Waals surface area contributed by atoms with E-state index in [1.54, 1.807) is 12.4 Å². The zero-order valence-corrected chi connectivity index (χ0v) is 13.4. The van der Waals surface area contributed by atoms with Gasteiger partial charge in [0.2, 0.25) is 0 Å². The van der Waals surface area contributed by atoms with Crippen LogP contribution in [0, 0.1) is 6.92 Å². The predicted octanol–water partition coefficient (Wildman–Crippen LogP) is 3.13. The van der Waals surface area contributed by atoms with Gasteiger partial charge < -0.3 is 4.90 Å². The van der Waals surface area contributed by atoms with Crippen molar-refractivity contribution in [1.29, 1.82) is 0 Å². The minimum Gasteiger partial charge on any atom is -0.354 e. The van der Waals surface area contributed by atoms with Crippen LogP contribution in [-0.4, -0.2) is 41.0 Å².